The minimum Gasteiger partial charge on any atom is -0.454 e. The summed E-state index contributed by atoms with van der Waals surface area (Å²) < 4.78 is 10.9. The lowest BCUT2D eigenvalue weighted by atomic mass is 9.87. The lowest BCUT2D eigenvalue weighted by Gasteiger charge is -2.35. The summed E-state index contributed by atoms with van der Waals surface area (Å²) in [4.78, 5) is 18.1. The maximum absolute atomic E-state index is 13.1. The largest absolute Gasteiger partial charge is 0.454 e. The van der Waals surface area contributed by atoms with E-state index in [1.165, 1.54) is 21.6 Å². The zero-order valence-electron chi connectivity index (χ0n) is 18.4. The van der Waals surface area contributed by atoms with E-state index in [-0.39, 0.29) is 11.9 Å². The summed E-state index contributed by atoms with van der Waals surface area (Å²) in [7, 11) is 2.00. The number of piperazine rings is 1. The number of carbonyl (C=O) groups is 1. The normalized spacial score (nSPS) is 24.5. The molecule has 5 rings (SSSR count). The molecule has 164 valence electrons. The average Bonchev–Trinajstić information content (AvgIpc) is 3.27. The summed E-state index contributed by atoms with van der Waals surface area (Å²) in [6.07, 6.45) is 3.37. The van der Waals surface area contributed by atoms with Crippen molar-refractivity contribution in [3.63, 3.8) is 0 Å². The number of rotatable bonds is 5. The molecule has 0 radical (unpaired) electrons. The Hall–Kier alpha value is -2.57. The van der Waals surface area contributed by atoms with E-state index in [9.17, 15) is 4.79 Å². The Balaban J connectivity index is 1.13. The molecular formula is C25H33N3O3+2. The van der Waals surface area contributed by atoms with Gasteiger partial charge in [-0.05, 0) is 48.6 Å². The van der Waals surface area contributed by atoms with Crippen LogP contribution in [0, 0.1) is 0 Å². The van der Waals surface area contributed by atoms with Crippen LogP contribution < -0.4 is 19.3 Å². The molecule has 1 saturated heterocycles. The maximum atomic E-state index is 13.1. The number of amides is 1. The number of aryl methyl sites for hydroxylation is 1. The van der Waals surface area contributed by atoms with Gasteiger partial charge in [0.05, 0.1) is 6.04 Å². The number of nitrogens with one attached hydrogen (secondary N) is 2. The first kappa shape index (κ1) is 20.3. The Morgan fingerprint density at radius 2 is 1.81 bits per heavy atom. The van der Waals surface area contributed by atoms with Gasteiger partial charge in [-0.25, -0.2) is 0 Å². The molecule has 3 aliphatic rings. The number of ether oxygens (including phenoxy) is 2. The predicted molar refractivity (Wildman–Crippen MR) is 117 cm³/mol. The highest BCUT2D eigenvalue weighted by Gasteiger charge is 2.30. The van der Waals surface area contributed by atoms with Gasteiger partial charge in [0.25, 0.3) is 5.91 Å². The number of hydrogen-bond donors (Lipinski definition) is 2. The van der Waals surface area contributed by atoms with Gasteiger partial charge in [0.15, 0.2) is 18.0 Å². The fourth-order valence-electron chi connectivity index (χ4n) is 5.29. The molecule has 2 heterocycles. The van der Waals surface area contributed by atoms with Gasteiger partial charge in [-0.1, -0.05) is 24.3 Å². The van der Waals surface area contributed by atoms with E-state index in [1.54, 1.807) is 4.90 Å². The maximum Gasteiger partial charge on any atom is 0.278 e. The Morgan fingerprint density at radius 1 is 1.03 bits per heavy atom. The van der Waals surface area contributed by atoms with Gasteiger partial charge >= 0.3 is 0 Å². The number of carbonyl (C=O) groups excluding carboxylic acids is 1. The van der Waals surface area contributed by atoms with Crippen molar-refractivity contribution in [3.8, 4) is 11.5 Å². The number of quaternary nitrogens is 2. The second-order valence-corrected chi connectivity index (χ2v) is 9.15. The average molecular weight is 424 g/mol. The molecule has 0 unspecified atom stereocenters. The van der Waals surface area contributed by atoms with Crippen LogP contribution in [0.2, 0.25) is 0 Å². The van der Waals surface area contributed by atoms with E-state index in [1.807, 2.05) is 18.0 Å². The molecule has 2 aromatic rings. The zero-order chi connectivity index (χ0) is 21.2. The van der Waals surface area contributed by atoms with Crippen LogP contribution >= 0.6 is 0 Å². The smallest absolute Gasteiger partial charge is 0.278 e. The lowest BCUT2D eigenvalue weighted by molar-refractivity contribution is -1.02. The van der Waals surface area contributed by atoms with Crippen LogP contribution in [0.25, 0.3) is 0 Å². The SMILES string of the molecule is CN(C(=O)C[NH+]1CC[NH+](Cc2ccc3c(c2)OCO3)CC1)[C@@H]1CCCc2ccccc21. The van der Waals surface area contributed by atoms with Gasteiger partial charge in [-0.15, -0.1) is 0 Å². The van der Waals surface area contributed by atoms with Crippen molar-refractivity contribution in [2.24, 2.45) is 0 Å². The molecule has 0 bridgehead atoms. The summed E-state index contributed by atoms with van der Waals surface area (Å²) in [5, 5.41) is 0. The quantitative estimate of drug-likeness (QED) is 0.724. The van der Waals surface area contributed by atoms with E-state index in [0.29, 0.717) is 13.3 Å². The second-order valence-electron chi connectivity index (χ2n) is 9.15. The zero-order valence-corrected chi connectivity index (χ0v) is 18.4. The third kappa shape index (κ3) is 4.41. The molecule has 6 nitrogen and oxygen atoms in total. The third-order valence-corrected chi connectivity index (χ3v) is 7.16. The summed E-state index contributed by atoms with van der Waals surface area (Å²) in [6.45, 7) is 6.19. The molecule has 2 aliphatic heterocycles. The van der Waals surface area contributed by atoms with Crippen LogP contribution in [-0.4, -0.2) is 57.4 Å². The number of hydrogen-bond acceptors (Lipinski definition) is 3. The van der Waals surface area contributed by atoms with Crippen molar-refractivity contribution in [1.29, 1.82) is 0 Å². The minimum absolute atomic E-state index is 0.231. The fourth-order valence-corrected chi connectivity index (χ4v) is 5.29. The molecule has 1 amide bonds. The number of benzene rings is 2. The summed E-state index contributed by atoms with van der Waals surface area (Å²) in [6, 6.07) is 15.1. The Kier molecular flexibility index (Phi) is 5.83. The first-order chi connectivity index (χ1) is 15.2. The molecule has 2 N–H and O–H groups in total. The molecule has 0 spiro atoms. The highest BCUT2D eigenvalue weighted by atomic mass is 16.7. The van der Waals surface area contributed by atoms with Gasteiger partial charge in [-0.2, -0.15) is 0 Å². The Morgan fingerprint density at radius 3 is 2.68 bits per heavy atom. The van der Waals surface area contributed by atoms with Gasteiger partial charge < -0.3 is 24.2 Å². The first-order valence-corrected chi connectivity index (χ1v) is 11.6. The lowest BCUT2D eigenvalue weighted by Crippen LogP contribution is -3.28. The van der Waals surface area contributed by atoms with Gasteiger partial charge in [0, 0.05) is 12.6 Å². The number of likely N-dealkylation sites (N-methyl/N-ethyl adjacent to an activating group) is 1. The molecule has 31 heavy (non-hydrogen) atoms. The minimum atomic E-state index is 0.231. The van der Waals surface area contributed by atoms with E-state index < -0.39 is 0 Å². The topological polar surface area (TPSA) is 47.7 Å². The molecule has 1 fully saturated rings. The fraction of sp³-hybridized carbons (Fsp3) is 0.480. The van der Waals surface area contributed by atoms with Crippen LogP contribution in [0.15, 0.2) is 42.5 Å². The Labute approximate surface area is 184 Å². The van der Waals surface area contributed by atoms with Crippen molar-refractivity contribution in [2.45, 2.75) is 31.8 Å². The Bertz CT molecular complexity index is 939. The predicted octanol–water partition coefficient (Wildman–Crippen LogP) is 0.235. The van der Waals surface area contributed by atoms with Gasteiger partial charge in [-0.3, -0.25) is 4.79 Å². The van der Waals surface area contributed by atoms with E-state index >= 15 is 0 Å². The van der Waals surface area contributed by atoms with Crippen LogP contribution in [0.1, 0.15) is 35.6 Å². The second kappa shape index (κ2) is 8.89. The summed E-state index contributed by atoms with van der Waals surface area (Å²) >= 11 is 0. The third-order valence-electron chi connectivity index (χ3n) is 7.16. The molecular weight excluding hydrogens is 390 g/mol. The first-order valence-electron chi connectivity index (χ1n) is 11.6. The molecule has 1 aliphatic carbocycles. The van der Waals surface area contributed by atoms with Gasteiger partial charge in [0.1, 0.15) is 32.7 Å². The van der Waals surface area contributed by atoms with Crippen LogP contribution in [0.3, 0.4) is 0 Å². The highest BCUT2D eigenvalue weighted by molar-refractivity contribution is 5.77. The van der Waals surface area contributed by atoms with Crippen molar-refractivity contribution in [2.75, 3.05) is 46.6 Å². The van der Waals surface area contributed by atoms with Gasteiger partial charge in [0.2, 0.25) is 6.79 Å². The molecule has 2 aromatic carbocycles. The monoisotopic (exact) mass is 423 g/mol. The van der Waals surface area contributed by atoms with Crippen molar-refractivity contribution >= 4 is 5.91 Å². The summed E-state index contributed by atoms with van der Waals surface area (Å²) in [5.41, 5.74) is 4.04. The van der Waals surface area contributed by atoms with E-state index in [2.05, 4.69) is 36.4 Å². The number of fused-ring (bicyclic) bond motifs is 2. The molecule has 6 heteroatoms. The van der Waals surface area contributed by atoms with Crippen LogP contribution in [-0.2, 0) is 17.8 Å². The standard InChI is InChI=1S/C25H31N3O3/c1-26(22-8-4-6-20-5-2-3-7-21(20)22)25(29)17-28-13-11-27(12-14-28)16-19-9-10-23-24(15-19)31-18-30-23/h2-3,5,7,9-10,15,22H,4,6,8,11-14,16-18H2,1H3/p+2/t22-/m1/s1. The summed E-state index contributed by atoms with van der Waals surface area (Å²) in [5.74, 6) is 1.98. The molecule has 1 atom stereocenters. The van der Waals surface area contributed by atoms with Crippen LogP contribution in [0.5, 0.6) is 11.5 Å². The highest BCUT2D eigenvalue weighted by Crippen LogP contribution is 2.33. The van der Waals surface area contributed by atoms with Crippen molar-refractivity contribution in [3.05, 3.63) is 59.2 Å². The molecule has 0 aromatic heterocycles. The van der Waals surface area contributed by atoms with Crippen LogP contribution in [0.4, 0.5) is 0 Å². The van der Waals surface area contributed by atoms with E-state index in [4.69, 9.17) is 9.47 Å². The molecule has 0 saturated carbocycles. The van der Waals surface area contributed by atoms with Crippen molar-refractivity contribution in [1.82, 2.24) is 4.90 Å². The van der Waals surface area contributed by atoms with E-state index in [0.717, 1.165) is 63.5 Å². The number of nitrogens with zero attached hydrogens (tertiary/aromatic N) is 1. The van der Waals surface area contributed by atoms with Crippen molar-refractivity contribution < 1.29 is 24.1 Å².